The van der Waals surface area contributed by atoms with E-state index in [4.69, 9.17) is 9.47 Å². The molecule has 0 spiro atoms. The average Bonchev–Trinajstić information content (AvgIpc) is 2.44. The Morgan fingerprint density at radius 3 is 2.63 bits per heavy atom. The second-order valence-electron chi connectivity index (χ2n) is 4.18. The maximum atomic E-state index is 12.2. The molecule has 0 aromatic heterocycles. The molecule has 0 radical (unpaired) electrons. The Labute approximate surface area is 113 Å². The highest BCUT2D eigenvalue weighted by molar-refractivity contribution is 5.86. The summed E-state index contributed by atoms with van der Waals surface area (Å²) >= 11 is 0. The Balaban J connectivity index is 2.48. The lowest BCUT2D eigenvalue weighted by atomic mass is 9.93. The molecule has 1 N–H and O–H groups in total. The van der Waals surface area contributed by atoms with E-state index in [0.29, 0.717) is 32.7 Å². The molecule has 0 aromatic rings. The highest BCUT2D eigenvalue weighted by Gasteiger charge is 2.40. The Morgan fingerprint density at radius 2 is 2.05 bits per heavy atom. The van der Waals surface area contributed by atoms with E-state index in [9.17, 15) is 9.59 Å². The van der Waals surface area contributed by atoms with E-state index in [1.54, 1.807) is 6.08 Å². The van der Waals surface area contributed by atoms with Gasteiger partial charge in [0.25, 0.3) is 5.91 Å². The van der Waals surface area contributed by atoms with E-state index in [1.165, 1.54) is 13.2 Å². The van der Waals surface area contributed by atoms with Crippen molar-refractivity contribution in [2.45, 2.75) is 25.4 Å². The van der Waals surface area contributed by atoms with Crippen LogP contribution in [0, 0.1) is 0 Å². The first kappa shape index (κ1) is 15.7. The van der Waals surface area contributed by atoms with Crippen LogP contribution in [0.4, 0.5) is 0 Å². The largest absolute Gasteiger partial charge is 0.466 e. The van der Waals surface area contributed by atoms with Gasteiger partial charge in [0.05, 0.1) is 7.11 Å². The van der Waals surface area contributed by atoms with Gasteiger partial charge in [-0.2, -0.15) is 0 Å². The van der Waals surface area contributed by atoms with Gasteiger partial charge < -0.3 is 19.5 Å². The normalized spacial score (nSPS) is 18.2. The molecular formula is C13H21NO5. The standard InChI is InChI=1S/C13H21NO5/c1-3-19-13(6-9-18-10-7-13)12(16)14-8-4-5-11(15)17-2/h4-5H,3,6-10H2,1-2H3,(H,14,16)/b5-4+. The first-order valence-corrected chi connectivity index (χ1v) is 6.39. The second-order valence-corrected chi connectivity index (χ2v) is 4.18. The van der Waals surface area contributed by atoms with Crippen LogP contribution in [0.1, 0.15) is 19.8 Å². The summed E-state index contributed by atoms with van der Waals surface area (Å²) in [5.74, 6) is -0.605. The molecule has 1 rings (SSSR count). The minimum atomic E-state index is -0.799. The monoisotopic (exact) mass is 271 g/mol. The molecule has 0 unspecified atom stereocenters. The molecule has 1 heterocycles. The van der Waals surface area contributed by atoms with Gasteiger partial charge >= 0.3 is 5.97 Å². The molecule has 19 heavy (non-hydrogen) atoms. The van der Waals surface area contributed by atoms with Crippen molar-refractivity contribution < 1.29 is 23.8 Å². The van der Waals surface area contributed by atoms with E-state index in [1.807, 2.05) is 6.92 Å². The first-order chi connectivity index (χ1) is 9.14. The van der Waals surface area contributed by atoms with Crippen LogP contribution in [-0.4, -0.2) is 51.0 Å². The third-order valence-corrected chi connectivity index (χ3v) is 2.97. The molecular weight excluding hydrogens is 250 g/mol. The third kappa shape index (κ3) is 4.65. The average molecular weight is 271 g/mol. The third-order valence-electron chi connectivity index (χ3n) is 2.97. The smallest absolute Gasteiger partial charge is 0.330 e. The minimum Gasteiger partial charge on any atom is -0.466 e. The molecule has 0 bridgehead atoms. The molecule has 6 nitrogen and oxygen atoms in total. The van der Waals surface area contributed by atoms with Gasteiger partial charge in [-0.3, -0.25) is 4.79 Å². The molecule has 0 saturated carbocycles. The Morgan fingerprint density at radius 1 is 1.37 bits per heavy atom. The summed E-state index contributed by atoms with van der Waals surface area (Å²) in [5, 5.41) is 2.74. The molecule has 6 heteroatoms. The van der Waals surface area contributed by atoms with Crippen molar-refractivity contribution >= 4 is 11.9 Å². The van der Waals surface area contributed by atoms with Crippen LogP contribution >= 0.6 is 0 Å². The highest BCUT2D eigenvalue weighted by Crippen LogP contribution is 2.25. The molecule has 0 aliphatic carbocycles. The van der Waals surface area contributed by atoms with Gasteiger partial charge in [-0.05, 0) is 6.92 Å². The summed E-state index contributed by atoms with van der Waals surface area (Å²) in [7, 11) is 1.30. The zero-order chi connectivity index (χ0) is 14.1. The van der Waals surface area contributed by atoms with Crippen LogP contribution in [0.2, 0.25) is 0 Å². The summed E-state index contributed by atoms with van der Waals surface area (Å²) in [5.41, 5.74) is -0.799. The predicted molar refractivity (Wildman–Crippen MR) is 68.6 cm³/mol. The van der Waals surface area contributed by atoms with E-state index >= 15 is 0 Å². The van der Waals surface area contributed by atoms with Crippen LogP contribution in [-0.2, 0) is 23.8 Å². The molecule has 0 atom stereocenters. The van der Waals surface area contributed by atoms with Crippen LogP contribution < -0.4 is 5.32 Å². The summed E-state index contributed by atoms with van der Waals surface area (Å²) < 4.78 is 15.3. The Bertz CT molecular complexity index is 328. The number of carbonyl (C=O) groups is 2. The number of methoxy groups -OCH3 is 1. The van der Waals surface area contributed by atoms with Crippen molar-refractivity contribution in [1.82, 2.24) is 5.32 Å². The molecule has 108 valence electrons. The van der Waals surface area contributed by atoms with Gasteiger partial charge in [-0.1, -0.05) is 6.08 Å². The zero-order valence-corrected chi connectivity index (χ0v) is 11.4. The summed E-state index contributed by atoms with van der Waals surface area (Å²) in [6, 6.07) is 0. The first-order valence-electron chi connectivity index (χ1n) is 6.39. The Kier molecular flexibility index (Phi) is 6.52. The van der Waals surface area contributed by atoms with Gasteiger partial charge in [0.1, 0.15) is 0 Å². The van der Waals surface area contributed by atoms with Gasteiger partial charge in [-0.15, -0.1) is 0 Å². The topological polar surface area (TPSA) is 73.9 Å². The summed E-state index contributed by atoms with van der Waals surface area (Å²) in [6.45, 7) is 3.65. The molecule has 1 aliphatic heterocycles. The molecule has 1 amide bonds. The minimum absolute atomic E-state index is 0.160. The number of esters is 1. The van der Waals surface area contributed by atoms with Crippen molar-refractivity contribution in [3.8, 4) is 0 Å². The predicted octanol–water partition coefficient (Wildman–Crippen LogP) is 0.417. The maximum Gasteiger partial charge on any atom is 0.330 e. The number of nitrogens with one attached hydrogen (secondary N) is 1. The summed E-state index contributed by atoms with van der Waals surface area (Å²) in [4.78, 5) is 23.0. The van der Waals surface area contributed by atoms with Crippen molar-refractivity contribution in [2.75, 3.05) is 33.5 Å². The number of rotatable bonds is 6. The van der Waals surface area contributed by atoms with E-state index in [0.717, 1.165) is 0 Å². The van der Waals surface area contributed by atoms with E-state index in [-0.39, 0.29) is 12.5 Å². The zero-order valence-electron chi connectivity index (χ0n) is 11.4. The second kappa shape index (κ2) is 7.91. The van der Waals surface area contributed by atoms with Gasteiger partial charge in [0.15, 0.2) is 5.60 Å². The number of ether oxygens (including phenoxy) is 3. The number of hydrogen-bond acceptors (Lipinski definition) is 5. The SMILES string of the molecule is CCOC1(C(=O)NC/C=C/C(=O)OC)CCOCC1. The van der Waals surface area contributed by atoms with Crippen molar-refractivity contribution in [3.63, 3.8) is 0 Å². The highest BCUT2D eigenvalue weighted by atomic mass is 16.5. The molecule has 1 saturated heterocycles. The van der Waals surface area contributed by atoms with Crippen LogP contribution in [0.25, 0.3) is 0 Å². The number of hydrogen-bond donors (Lipinski definition) is 1. The lowest BCUT2D eigenvalue weighted by Gasteiger charge is -2.35. The fourth-order valence-electron chi connectivity index (χ4n) is 1.95. The van der Waals surface area contributed by atoms with Crippen molar-refractivity contribution in [1.29, 1.82) is 0 Å². The van der Waals surface area contributed by atoms with Crippen molar-refractivity contribution in [2.24, 2.45) is 0 Å². The van der Waals surface area contributed by atoms with Gasteiger partial charge in [0.2, 0.25) is 0 Å². The summed E-state index contributed by atoms with van der Waals surface area (Å²) in [6.07, 6.45) is 3.92. The van der Waals surface area contributed by atoms with E-state index < -0.39 is 11.6 Å². The van der Waals surface area contributed by atoms with Crippen LogP contribution in [0.3, 0.4) is 0 Å². The van der Waals surface area contributed by atoms with Gasteiger partial charge in [0, 0.05) is 45.3 Å². The quantitative estimate of drug-likeness (QED) is 0.560. The fourth-order valence-corrected chi connectivity index (χ4v) is 1.95. The van der Waals surface area contributed by atoms with Gasteiger partial charge in [-0.25, -0.2) is 4.79 Å². The van der Waals surface area contributed by atoms with Crippen LogP contribution in [0.15, 0.2) is 12.2 Å². The number of carbonyl (C=O) groups excluding carboxylic acids is 2. The maximum absolute atomic E-state index is 12.2. The lowest BCUT2D eigenvalue weighted by Crippen LogP contribution is -2.52. The van der Waals surface area contributed by atoms with Crippen LogP contribution in [0.5, 0.6) is 0 Å². The molecule has 0 aromatic carbocycles. The lowest BCUT2D eigenvalue weighted by molar-refractivity contribution is -0.159. The van der Waals surface area contributed by atoms with E-state index in [2.05, 4.69) is 10.1 Å². The number of amides is 1. The fraction of sp³-hybridized carbons (Fsp3) is 0.692. The Hall–Kier alpha value is -1.40. The molecule has 1 aliphatic rings. The van der Waals surface area contributed by atoms with Crippen molar-refractivity contribution in [3.05, 3.63) is 12.2 Å². The molecule has 1 fully saturated rings.